The molecule has 0 fully saturated rings. The highest BCUT2D eigenvalue weighted by molar-refractivity contribution is 9.12. The number of rotatable bonds is 5. The first-order valence-corrected chi connectivity index (χ1v) is 9.15. The third-order valence-corrected chi connectivity index (χ3v) is 5.11. The molecule has 0 aromatic carbocycles. The Morgan fingerprint density at radius 1 is 1.50 bits per heavy atom. The number of nitrogens with zero attached hydrogens (tertiary/aromatic N) is 1. The predicted octanol–water partition coefficient (Wildman–Crippen LogP) is 1.89. The molecule has 0 aliphatic heterocycles. The van der Waals surface area contributed by atoms with Gasteiger partial charge in [-0.3, -0.25) is 4.79 Å². The van der Waals surface area contributed by atoms with Gasteiger partial charge in [0, 0.05) is 20.1 Å². The Morgan fingerprint density at radius 2 is 2.11 bits per heavy atom. The molecule has 0 unspecified atom stereocenters. The predicted molar refractivity (Wildman–Crippen MR) is 79.5 cm³/mol. The molecule has 1 rings (SSSR count). The average Bonchev–Trinajstić information content (AvgIpc) is 2.54. The van der Waals surface area contributed by atoms with Crippen molar-refractivity contribution >= 4 is 59.1 Å². The number of amides is 1. The molecular formula is C9H12Br2N2O3S2. The molecule has 9 heteroatoms. The third kappa shape index (κ3) is 4.96. The Labute approximate surface area is 127 Å². The molecule has 0 radical (unpaired) electrons. The van der Waals surface area contributed by atoms with Gasteiger partial charge in [0.2, 0.25) is 10.0 Å². The van der Waals surface area contributed by atoms with Gasteiger partial charge in [0.05, 0.1) is 19.4 Å². The summed E-state index contributed by atoms with van der Waals surface area (Å²) in [6.07, 6.45) is 1.08. The molecule has 0 aliphatic carbocycles. The minimum atomic E-state index is -3.22. The van der Waals surface area contributed by atoms with Crippen LogP contribution in [0.4, 0.5) is 0 Å². The molecular weight excluding hydrogens is 408 g/mol. The molecule has 0 spiro atoms. The summed E-state index contributed by atoms with van der Waals surface area (Å²) in [6.45, 7) is 0.510. The minimum Gasteiger partial charge on any atom is -0.340 e. The molecule has 1 amide bonds. The molecule has 1 heterocycles. The number of likely N-dealkylation sites (N-methyl/N-ethyl adjacent to an activating group) is 1. The summed E-state index contributed by atoms with van der Waals surface area (Å²) >= 11 is 8.04. The highest BCUT2D eigenvalue weighted by Gasteiger charge is 2.17. The van der Waals surface area contributed by atoms with E-state index >= 15 is 0 Å². The maximum absolute atomic E-state index is 12.0. The number of hydrogen-bond acceptors (Lipinski definition) is 4. The normalized spacial score (nSPS) is 11.6. The summed E-state index contributed by atoms with van der Waals surface area (Å²) in [5.74, 6) is -0.154. The first kappa shape index (κ1) is 16.1. The number of sulfonamides is 1. The number of carbonyl (C=O) groups excluding carboxylic acids is 1. The van der Waals surface area contributed by atoms with E-state index in [9.17, 15) is 13.2 Å². The van der Waals surface area contributed by atoms with E-state index in [1.54, 1.807) is 13.1 Å². The Bertz CT molecular complexity index is 542. The summed E-state index contributed by atoms with van der Waals surface area (Å²) in [5, 5.41) is 0. The van der Waals surface area contributed by atoms with Crippen molar-refractivity contribution in [1.82, 2.24) is 9.62 Å². The molecule has 102 valence electrons. The standard InChI is InChI=1S/C9H12Br2N2O3S2/c1-13(4-3-12-18(2,15)16)9(14)6-5-7(10)17-8(6)11/h5,12H,3-4H2,1-2H3. The van der Waals surface area contributed by atoms with Crippen molar-refractivity contribution in [3.63, 3.8) is 0 Å². The van der Waals surface area contributed by atoms with E-state index in [0.29, 0.717) is 12.1 Å². The van der Waals surface area contributed by atoms with Crippen molar-refractivity contribution in [3.05, 3.63) is 19.2 Å². The van der Waals surface area contributed by atoms with E-state index in [-0.39, 0.29) is 12.5 Å². The molecule has 0 aliphatic rings. The van der Waals surface area contributed by atoms with Gasteiger partial charge in [0.15, 0.2) is 0 Å². The van der Waals surface area contributed by atoms with Crippen molar-refractivity contribution in [2.24, 2.45) is 0 Å². The zero-order chi connectivity index (χ0) is 13.9. The van der Waals surface area contributed by atoms with Crippen molar-refractivity contribution in [3.8, 4) is 0 Å². The molecule has 1 N–H and O–H groups in total. The van der Waals surface area contributed by atoms with Crippen molar-refractivity contribution in [2.75, 3.05) is 26.4 Å². The van der Waals surface area contributed by atoms with Gasteiger partial charge in [-0.2, -0.15) is 0 Å². The lowest BCUT2D eigenvalue weighted by molar-refractivity contribution is 0.0797. The first-order chi connectivity index (χ1) is 8.20. The maximum atomic E-state index is 12.0. The zero-order valence-electron chi connectivity index (χ0n) is 9.74. The lowest BCUT2D eigenvalue weighted by atomic mass is 10.3. The smallest absolute Gasteiger partial charge is 0.255 e. The molecule has 0 saturated carbocycles. The fourth-order valence-corrected chi connectivity index (χ4v) is 4.43. The quantitative estimate of drug-likeness (QED) is 0.792. The molecule has 18 heavy (non-hydrogen) atoms. The van der Waals surface area contributed by atoms with Crippen LogP contribution < -0.4 is 4.72 Å². The van der Waals surface area contributed by atoms with Gasteiger partial charge >= 0.3 is 0 Å². The number of hydrogen-bond donors (Lipinski definition) is 1. The number of thiophene rings is 1. The number of nitrogens with one attached hydrogen (secondary N) is 1. The Kier molecular flexibility index (Phi) is 5.78. The molecule has 1 aromatic heterocycles. The fourth-order valence-electron chi connectivity index (χ4n) is 1.19. The van der Waals surface area contributed by atoms with E-state index in [1.807, 2.05) is 0 Å². The fraction of sp³-hybridized carbons (Fsp3) is 0.444. The van der Waals surface area contributed by atoms with Crippen LogP contribution in [0.2, 0.25) is 0 Å². The van der Waals surface area contributed by atoms with Gasteiger partial charge in [-0.25, -0.2) is 13.1 Å². The Morgan fingerprint density at radius 3 is 2.56 bits per heavy atom. The highest BCUT2D eigenvalue weighted by atomic mass is 79.9. The largest absolute Gasteiger partial charge is 0.340 e. The number of halogens is 2. The van der Waals surface area contributed by atoms with E-state index in [0.717, 1.165) is 13.8 Å². The molecule has 0 atom stereocenters. The van der Waals surface area contributed by atoms with Crippen molar-refractivity contribution in [1.29, 1.82) is 0 Å². The lowest BCUT2D eigenvalue weighted by Crippen LogP contribution is -2.35. The van der Waals surface area contributed by atoms with Crippen LogP contribution in [0, 0.1) is 0 Å². The summed E-state index contributed by atoms with van der Waals surface area (Å²) in [5.41, 5.74) is 0.564. The Balaban J connectivity index is 2.60. The minimum absolute atomic E-state index is 0.154. The monoisotopic (exact) mass is 418 g/mol. The van der Waals surface area contributed by atoms with Crippen LogP contribution in [0.15, 0.2) is 13.6 Å². The molecule has 0 saturated heterocycles. The van der Waals surface area contributed by atoms with Gasteiger partial charge in [0.1, 0.15) is 0 Å². The highest BCUT2D eigenvalue weighted by Crippen LogP contribution is 2.32. The molecule has 1 aromatic rings. The van der Waals surface area contributed by atoms with Gasteiger partial charge in [0.25, 0.3) is 5.91 Å². The van der Waals surface area contributed by atoms with Gasteiger partial charge in [-0.05, 0) is 37.9 Å². The topological polar surface area (TPSA) is 66.5 Å². The summed E-state index contributed by atoms with van der Waals surface area (Å²) < 4.78 is 25.7. The van der Waals surface area contributed by atoms with Crippen LogP contribution in [0.5, 0.6) is 0 Å². The summed E-state index contributed by atoms with van der Waals surface area (Å²) in [7, 11) is -1.59. The zero-order valence-corrected chi connectivity index (χ0v) is 14.5. The van der Waals surface area contributed by atoms with E-state index in [1.165, 1.54) is 16.2 Å². The second kappa shape index (κ2) is 6.47. The summed E-state index contributed by atoms with van der Waals surface area (Å²) in [4.78, 5) is 13.5. The van der Waals surface area contributed by atoms with E-state index in [2.05, 4.69) is 36.6 Å². The maximum Gasteiger partial charge on any atom is 0.255 e. The third-order valence-electron chi connectivity index (χ3n) is 2.05. The average molecular weight is 420 g/mol. The van der Waals surface area contributed by atoms with Crippen molar-refractivity contribution < 1.29 is 13.2 Å². The van der Waals surface area contributed by atoms with Crippen LogP contribution in [0.1, 0.15) is 10.4 Å². The van der Waals surface area contributed by atoms with Crippen LogP contribution in [-0.2, 0) is 10.0 Å². The number of carbonyl (C=O) groups is 1. The second-order valence-electron chi connectivity index (χ2n) is 3.63. The van der Waals surface area contributed by atoms with Gasteiger partial charge in [-0.1, -0.05) is 0 Å². The lowest BCUT2D eigenvalue weighted by Gasteiger charge is -2.16. The van der Waals surface area contributed by atoms with Gasteiger partial charge < -0.3 is 4.90 Å². The molecule has 0 bridgehead atoms. The van der Waals surface area contributed by atoms with Crippen LogP contribution >= 0.6 is 43.2 Å². The van der Waals surface area contributed by atoms with Crippen LogP contribution in [-0.4, -0.2) is 45.6 Å². The Hall–Kier alpha value is 0.0400. The van der Waals surface area contributed by atoms with Crippen LogP contribution in [0.3, 0.4) is 0 Å². The molecule has 5 nitrogen and oxygen atoms in total. The van der Waals surface area contributed by atoms with Crippen molar-refractivity contribution in [2.45, 2.75) is 0 Å². The van der Waals surface area contributed by atoms with Crippen LogP contribution in [0.25, 0.3) is 0 Å². The van der Waals surface area contributed by atoms with E-state index in [4.69, 9.17) is 0 Å². The second-order valence-corrected chi connectivity index (χ2v) is 9.21. The SMILES string of the molecule is CN(CCNS(C)(=O)=O)C(=O)c1cc(Br)sc1Br. The summed E-state index contributed by atoms with van der Waals surface area (Å²) in [6, 6.07) is 1.73. The van der Waals surface area contributed by atoms with Gasteiger partial charge in [-0.15, -0.1) is 11.3 Å². The van der Waals surface area contributed by atoms with E-state index < -0.39 is 10.0 Å². The first-order valence-electron chi connectivity index (χ1n) is 4.85.